The molecule has 2 aromatic carbocycles. The zero-order chi connectivity index (χ0) is 31.8. The molecule has 0 fully saturated rings. The Hall–Kier alpha value is -2.60. The first-order valence-corrected chi connectivity index (χ1v) is 11.8. The van der Waals surface area contributed by atoms with Crippen molar-refractivity contribution in [2.75, 3.05) is 0 Å². The van der Waals surface area contributed by atoms with Crippen molar-refractivity contribution in [3.05, 3.63) is 48.5 Å². The lowest BCUT2D eigenvalue weighted by molar-refractivity contribution is -0.456. The Balaban J connectivity index is 2.14. The van der Waals surface area contributed by atoms with E-state index in [1.165, 1.54) is 36.4 Å². The highest BCUT2D eigenvalue weighted by atomic mass is 32.2. The number of thiophene rings is 1. The van der Waals surface area contributed by atoms with Crippen molar-refractivity contribution in [1.82, 2.24) is 0 Å². The van der Waals surface area contributed by atoms with Crippen LogP contribution >= 0.6 is 10.5 Å². The van der Waals surface area contributed by atoms with Crippen LogP contribution in [0.15, 0.2) is 48.5 Å². The fourth-order valence-corrected chi connectivity index (χ4v) is 6.18. The largest absolute Gasteiger partial charge is 0.385 e. The fraction of sp³-hybridized carbons (Fsp3) is 0.455. The second kappa shape index (κ2) is 9.45. The maximum Gasteiger partial charge on any atom is 0.385 e. The molecule has 0 bridgehead atoms. The molecule has 0 aliphatic rings. The van der Waals surface area contributed by atoms with Gasteiger partial charge in [0.05, 0.1) is 0 Å². The van der Waals surface area contributed by atoms with Crippen LogP contribution in [0.1, 0.15) is 0 Å². The molecule has 0 spiro atoms. The Kier molecular flexibility index (Phi) is 7.59. The van der Waals surface area contributed by atoms with Crippen molar-refractivity contribution in [2.24, 2.45) is 0 Å². The molecule has 1 heterocycles. The van der Waals surface area contributed by atoms with Gasteiger partial charge in [-0.1, -0.05) is 24.3 Å². The maximum atomic E-state index is 14.7. The predicted octanol–water partition coefficient (Wildman–Crippen LogP) is 10.1. The van der Waals surface area contributed by atoms with Gasteiger partial charge in [0.15, 0.2) is 15.2 Å². The minimum absolute atomic E-state index is 0.0935. The van der Waals surface area contributed by atoms with Crippen molar-refractivity contribution in [3.63, 3.8) is 0 Å². The summed E-state index contributed by atoms with van der Waals surface area (Å²) in [5, 5.41) is 0.187. The molecular weight excluding hydrogens is 638 g/mol. The van der Waals surface area contributed by atoms with Crippen molar-refractivity contribution in [3.8, 4) is 0 Å². The normalized spacial score (nSPS) is 15.4. The second-order valence-corrected chi connectivity index (χ2v) is 10.6. The number of halogens is 18. The summed E-state index contributed by atoms with van der Waals surface area (Å²) in [6.07, 6.45) is -5.99. The average molecular weight is 649 g/mol. The minimum atomic E-state index is -8.74. The first-order chi connectivity index (χ1) is 18.3. The zero-order valence-corrected chi connectivity index (χ0v) is 19.9. The Morgan fingerprint density at radius 3 is 1.15 bits per heavy atom. The molecule has 0 saturated heterocycles. The molecule has 0 nitrogen and oxygen atoms in total. The average Bonchev–Trinajstić information content (AvgIpc) is 3.16. The van der Waals surface area contributed by atoms with Crippen LogP contribution in [0.25, 0.3) is 20.2 Å². The van der Waals surface area contributed by atoms with Gasteiger partial charge in [-0.05, 0) is 34.7 Å². The van der Waals surface area contributed by atoms with Gasteiger partial charge in [-0.2, -0.15) is 70.2 Å². The quantitative estimate of drug-likeness (QED) is 0.152. The molecule has 0 N–H and O–H groups in total. The Morgan fingerprint density at radius 1 is 0.463 bits per heavy atom. The van der Waals surface area contributed by atoms with Gasteiger partial charge < -0.3 is 0 Å². The van der Waals surface area contributed by atoms with Gasteiger partial charge in [-0.15, -0.1) is 0 Å². The molecular formula is C22H11F18S+. The first kappa shape index (κ1) is 32.9. The van der Waals surface area contributed by atoms with E-state index < -0.39 is 70.0 Å². The Morgan fingerprint density at radius 2 is 0.780 bits per heavy atom. The van der Waals surface area contributed by atoms with Crippen LogP contribution < -0.4 is 0 Å². The molecule has 0 unspecified atom stereocenters. The van der Waals surface area contributed by atoms with E-state index >= 15 is 0 Å². The summed E-state index contributed by atoms with van der Waals surface area (Å²) in [6.45, 7) is 0. The van der Waals surface area contributed by atoms with Crippen LogP contribution in [0.5, 0.6) is 0 Å². The van der Waals surface area contributed by atoms with E-state index in [9.17, 15) is 79.0 Å². The molecule has 3 aromatic rings. The Bertz CT molecular complexity index is 1370. The van der Waals surface area contributed by atoms with E-state index in [4.69, 9.17) is 0 Å². The van der Waals surface area contributed by atoms with Crippen molar-refractivity contribution >= 4 is 30.6 Å². The fourth-order valence-electron chi connectivity index (χ4n) is 3.72. The van der Waals surface area contributed by atoms with E-state index in [1.54, 1.807) is 0 Å². The van der Waals surface area contributed by atoms with E-state index in [-0.39, 0.29) is 20.2 Å². The van der Waals surface area contributed by atoms with Gasteiger partial charge in [0.25, 0.3) is 0 Å². The summed E-state index contributed by atoms with van der Waals surface area (Å²) in [4.78, 5) is 0. The third kappa shape index (κ3) is 4.22. The molecule has 0 aliphatic heterocycles. The lowest BCUT2D eigenvalue weighted by atomic mass is 9.88. The minimum Gasteiger partial charge on any atom is -0.203 e. The molecule has 230 valence electrons. The van der Waals surface area contributed by atoms with Crippen molar-refractivity contribution in [2.45, 2.75) is 59.6 Å². The number of alkyl halides is 18. The summed E-state index contributed by atoms with van der Waals surface area (Å²) in [6, 6.07) is 9.61. The summed E-state index contributed by atoms with van der Waals surface area (Å²) >= 11 is 0. The monoisotopic (exact) mass is 649 g/mol. The molecule has 1 aromatic heterocycles. The second-order valence-electron chi connectivity index (χ2n) is 8.60. The highest BCUT2D eigenvalue weighted by Crippen LogP contribution is 2.65. The third-order valence-electron chi connectivity index (χ3n) is 6.04. The predicted molar refractivity (Wildman–Crippen MR) is 110 cm³/mol. The van der Waals surface area contributed by atoms with Gasteiger partial charge >= 0.3 is 53.8 Å². The van der Waals surface area contributed by atoms with E-state index in [2.05, 4.69) is 0 Å². The third-order valence-corrected chi connectivity index (χ3v) is 8.47. The van der Waals surface area contributed by atoms with Crippen LogP contribution in [-0.2, 0) is 5.75 Å². The van der Waals surface area contributed by atoms with Gasteiger partial charge in [0.1, 0.15) is 0 Å². The molecule has 0 amide bonds. The smallest absolute Gasteiger partial charge is 0.203 e. The lowest BCUT2D eigenvalue weighted by Crippen LogP contribution is -2.75. The first-order valence-electron chi connectivity index (χ1n) is 10.5. The van der Waals surface area contributed by atoms with Crippen molar-refractivity contribution < 1.29 is 79.0 Å². The van der Waals surface area contributed by atoms with E-state index in [0.717, 1.165) is 12.1 Å². The molecule has 0 atom stereocenters. The summed E-state index contributed by atoms with van der Waals surface area (Å²) in [7, 11) is -2.37. The molecule has 19 heteroatoms. The summed E-state index contributed by atoms with van der Waals surface area (Å²) in [5.74, 6) is -67.0. The SMILES string of the molecule is FC(F)C(F)(F)C(F)(F)C(F)(F)C(F)(F)C(F)(F)C(F)(F)C(F)(F)C(F)(F)C[s+]1c2ccccc2c2ccccc21. The van der Waals surface area contributed by atoms with Crippen LogP contribution in [0, 0.1) is 0 Å². The van der Waals surface area contributed by atoms with Crippen LogP contribution in [0.3, 0.4) is 0 Å². The van der Waals surface area contributed by atoms with E-state index in [1.807, 2.05) is 0 Å². The van der Waals surface area contributed by atoms with Gasteiger partial charge in [0, 0.05) is 10.8 Å². The summed E-state index contributed by atoms with van der Waals surface area (Å²) < 4.78 is 246. The van der Waals surface area contributed by atoms with Gasteiger partial charge in [0.2, 0.25) is 0 Å². The molecule has 3 rings (SSSR count). The highest BCUT2D eigenvalue weighted by Gasteiger charge is 2.95. The standard InChI is InChI=1S/C22H11F18S/c23-14(24)16(27,28)18(31,32)20(35,36)22(39,40)21(37,38)19(33,34)17(29,30)15(25,26)9-41-12-7-3-1-5-10(12)11-6-2-4-8-13(11)41/h1-8,14H,9H2/q+1. The zero-order valence-electron chi connectivity index (χ0n) is 19.1. The number of hydrogen-bond donors (Lipinski definition) is 0. The number of hydrogen-bond acceptors (Lipinski definition) is 0. The van der Waals surface area contributed by atoms with Crippen LogP contribution in [-0.4, -0.2) is 53.8 Å². The number of rotatable bonds is 10. The van der Waals surface area contributed by atoms with Crippen LogP contribution in [0.2, 0.25) is 0 Å². The lowest BCUT2D eigenvalue weighted by Gasteiger charge is -2.43. The topological polar surface area (TPSA) is 0 Å². The van der Waals surface area contributed by atoms with Crippen molar-refractivity contribution in [1.29, 1.82) is 0 Å². The van der Waals surface area contributed by atoms with E-state index in [0.29, 0.717) is 0 Å². The van der Waals surface area contributed by atoms with Gasteiger partial charge in [-0.3, -0.25) is 0 Å². The number of fused-ring (bicyclic) bond motifs is 3. The molecule has 41 heavy (non-hydrogen) atoms. The maximum absolute atomic E-state index is 14.7. The molecule has 0 aliphatic carbocycles. The summed E-state index contributed by atoms with van der Waals surface area (Å²) in [5.41, 5.74) is 0. The van der Waals surface area contributed by atoms with Crippen LogP contribution in [0.4, 0.5) is 79.0 Å². The molecule has 0 radical (unpaired) electrons. The van der Waals surface area contributed by atoms with Gasteiger partial charge in [-0.25, -0.2) is 8.78 Å². The number of benzene rings is 2. The highest BCUT2D eigenvalue weighted by molar-refractivity contribution is 7.42. The Labute approximate surface area is 218 Å². The molecule has 0 saturated carbocycles.